The van der Waals surface area contributed by atoms with Gasteiger partial charge in [0.05, 0.1) is 22.6 Å². The molecule has 0 amide bonds. The molecule has 2 aromatic heterocycles. The van der Waals surface area contributed by atoms with Crippen molar-refractivity contribution in [2.45, 2.75) is 0 Å². The summed E-state index contributed by atoms with van der Waals surface area (Å²) in [5, 5.41) is 14.4. The van der Waals surface area contributed by atoms with Gasteiger partial charge >= 0.3 is 0 Å². The summed E-state index contributed by atoms with van der Waals surface area (Å²) in [7, 11) is 0. The highest BCUT2D eigenvalue weighted by molar-refractivity contribution is 7.79. The van der Waals surface area contributed by atoms with E-state index >= 15 is 0 Å². The van der Waals surface area contributed by atoms with Gasteiger partial charge in [-0.3, -0.25) is 5.41 Å². The van der Waals surface area contributed by atoms with E-state index in [1.807, 2.05) is 66.7 Å². The van der Waals surface area contributed by atoms with Crippen molar-refractivity contribution >= 4 is 62.8 Å². The molecule has 0 saturated carbocycles. The number of allylic oxidation sites excluding steroid dienone is 1. The predicted octanol–water partition coefficient (Wildman–Crippen LogP) is 11.7. The number of rotatable bonds is 5. The van der Waals surface area contributed by atoms with Crippen molar-refractivity contribution in [3.63, 3.8) is 0 Å². The molecule has 1 aliphatic carbocycles. The third kappa shape index (κ3) is 5.87. The molecule has 9 aromatic rings. The smallest absolute Gasteiger partial charge is 0.164 e. The Labute approximate surface area is 322 Å². The van der Waals surface area contributed by atoms with E-state index in [1.54, 1.807) is 0 Å². The highest BCUT2D eigenvalue weighted by Crippen LogP contribution is 2.36. The first-order valence-corrected chi connectivity index (χ1v) is 18.4. The van der Waals surface area contributed by atoms with Crippen LogP contribution in [0.2, 0.25) is 0 Å². The fraction of sp³-hybridized carbons (Fsp3) is 0. The Kier molecular flexibility index (Phi) is 7.93. The van der Waals surface area contributed by atoms with Gasteiger partial charge in [0.15, 0.2) is 17.5 Å². The van der Waals surface area contributed by atoms with Crippen LogP contribution in [0, 0.1) is 5.41 Å². The fourth-order valence-electron chi connectivity index (χ4n) is 7.41. The van der Waals surface area contributed by atoms with Crippen LogP contribution in [0.15, 0.2) is 168 Å². The lowest BCUT2D eigenvalue weighted by molar-refractivity contribution is 1.08. The third-order valence-corrected chi connectivity index (χ3v) is 10.4. The summed E-state index contributed by atoms with van der Waals surface area (Å²) in [5.74, 6) is 1.84. The molecule has 7 heteroatoms. The highest BCUT2D eigenvalue weighted by atomic mass is 32.1. The van der Waals surface area contributed by atoms with Crippen LogP contribution in [0.25, 0.3) is 95.1 Å². The molecule has 10 rings (SSSR count). The minimum absolute atomic E-state index is 0.340. The Balaban J connectivity index is 1.06. The lowest BCUT2D eigenvalue weighted by Gasteiger charge is -2.19. The van der Waals surface area contributed by atoms with E-state index in [2.05, 4.69) is 120 Å². The van der Waals surface area contributed by atoms with Crippen LogP contribution in [0.1, 0.15) is 11.1 Å². The molecule has 0 aliphatic heterocycles. The lowest BCUT2D eigenvalue weighted by atomic mass is 9.88. The normalized spacial score (nSPS) is 13.2. The Morgan fingerprint density at radius 2 is 0.964 bits per heavy atom. The average Bonchev–Trinajstić information content (AvgIpc) is 3.25. The summed E-state index contributed by atoms with van der Waals surface area (Å²) in [6.45, 7) is 0. The maximum absolute atomic E-state index is 8.92. The van der Waals surface area contributed by atoms with Gasteiger partial charge in [-0.15, -0.1) is 0 Å². The Bertz CT molecular complexity index is 2980. The third-order valence-electron chi connectivity index (χ3n) is 10.2. The van der Waals surface area contributed by atoms with Crippen molar-refractivity contribution in [2.24, 2.45) is 4.40 Å². The van der Waals surface area contributed by atoms with Crippen LogP contribution in [0.5, 0.6) is 0 Å². The number of fused-ring (bicyclic) bond motifs is 5. The number of aromatic nitrogens is 4. The zero-order chi connectivity index (χ0) is 36.9. The summed E-state index contributed by atoms with van der Waals surface area (Å²) in [5.41, 5.74) is 10.0. The van der Waals surface area contributed by atoms with E-state index in [-0.39, 0.29) is 0 Å². The van der Waals surface area contributed by atoms with Gasteiger partial charge in [-0.2, -0.15) is 0 Å². The minimum Gasteiger partial charge on any atom is -0.298 e. The number of hydrogen-bond acceptors (Lipinski definition) is 7. The maximum atomic E-state index is 8.92. The zero-order valence-corrected chi connectivity index (χ0v) is 30.2. The zero-order valence-electron chi connectivity index (χ0n) is 29.3. The Morgan fingerprint density at radius 1 is 0.436 bits per heavy atom. The number of nitrogens with one attached hydrogen (secondary N) is 1. The first-order valence-electron chi connectivity index (χ1n) is 18.0. The SMILES string of the molecule is N=C1C(=NS)C=Cc2c(-c3ccc(-c4cccc(-c5nc(-c6ccc7ccccc7c6)nc(-c6ccc7ccccc7c6)n5)c4)cc3)nc3ccccc3c21. The second-order valence-corrected chi connectivity index (χ2v) is 13.7. The summed E-state index contributed by atoms with van der Waals surface area (Å²) >= 11 is 4.12. The van der Waals surface area contributed by atoms with Gasteiger partial charge in [0.1, 0.15) is 0 Å². The summed E-state index contributed by atoms with van der Waals surface area (Å²) in [6.07, 6.45) is 3.82. The molecule has 0 bridgehead atoms. The summed E-state index contributed by atoms with van der Waals surface area (Å²) in [4.78, 5) is 20.3. The fourth-order valence-corrected chi connectivity index (χ4v) is 7.58. The van der Waals surface area contributed by atoms with Crippen molar-refractivity contribution in [1.82, 2.24) is 19.9 Å². The topological polar surface area (TPSA) is 87.8 Å². The van der Waals surface area contributed by atoms with Crippen LogP contribution >= 0.6 is 12.8 Å². The predicted molar refractivity (Wildman–Crippen MR) is 230 cm³/mol. The van der Waals surface area contributed by atoms with E-state index in [0.717, 1.165) is 71.9 Å². The number of benzene rings is 7. The van der Waals surface area contributed by atoms with Crippen molar-refractivity contribution in [1.29, 1.82) is 5.41 Å². The number of pyridine rings is 1. The first kappa shape index (κ1) is 32.6. The van der Waals surface area contributed by atoms with E-state index in [9.17, 15) is 0 Å². The number of para-hydroxylation sites is 1. The van der Waals surface area contributed by atoms with Crippen LogP contribution in [-0.2, 0) is 0 Å². The summed E-state index contributed by atoms with van der Waals surface area (Å²) < 4.78 is 4.04. The molecule has 0 saturated heterocycles. The molecule has 1 aliphatic rings. The van der Waals surface area contributed by atoms with Crippen molar-refractivity contribution in [2.75, 3.05) is 0 Å². The first-order chi connectivity index (χ1) is 27.1. The molecule has 1 N–H and O–H groups in total. The molecular formula is C48H30N6S. The highest BCUT2D eigenvalue weighted by Gasteiger charge is 2.23. The average molecular weight is 723 g/mol. The van der Waals surface area contributed by atoms with Crippen LogP contribution in [-0.4, -0.2) is 31.4 Å². The van der Waals surface area contributed by atoms with E-state index in [4.69, 9.17) is 25.3 Å². The standard InChI is InChI=1S/C48H30N6S/c49-44-42(54-55)25-24-40-43(44)39-14-5-6-15-41(39)50-45(40)32-20-16-31(17-21-32)35-12-7-13-36(26-35)46-51-47(37-22-18-29-8-1-3-10-33(29)27-37)53-48(52-46)38-23-19-30-9-2-4-11-34(30)28-38/h1-28,49,55H. The van der Waals surface area contributed by atoms with E-state index < -0.39 is 0 Å². The van der Waals surface area contributed by atoms with Crippen LogP contribution < -0.4 is 0 Å². The van der Waals surface area contributed by atoms with Crippen molar-refractivity contribution in [3.8, 4) is 56.5 Å². The molecule has 55 heavy (non-hydrogen) atoms. The van der Waals surface area contributed by atoms with Gasteiger partial charge in [-0.25, -0.2) is 24.3 Å². The van der Waals surface area contributed by atoms with Gasteiger partial charge in [0.2, 0.25) is 0 Å². The molecule has 0 fully saturated rings. The largest absolute Gasteiger partial charge is 0.298 e. The minimum atomic E-state index is 0.340. The maximum Gasteiger partial charge on any atom is 0.164 e. The molecule has 0 radical (unpaired) electrons. The number of nitrogens with zero attached hydrogens (tertiary/aromatic N) is 5. The second kappa shape index (κ2) is 13.4. The molecular weight excluding hydrogens is 693 g/mol. The molecule has 0 spiro atoms. The molecule has 0 atom stereocenters. The van der Waals surface area contributed by atoms with Gasteiger partial charge in [0, 0.05) is 38.8 Å². The monoisotopic (exact) mass is 722 g/mol. The van der Waals surface area contributed by atoms with Gasteiger partial charge in [0.25, 0.3) is 0 Å². The van der Waals surface area contributed by atoms with Crippen LogP contribution in [0.3, 0.4) is 0 Å². The Hall–Kier alpha value is -7.09. The molecule has 2 heterocycles. The Morgan fingerprint density at radius 3 is 1.60 bits per heavy atom. The van der Waals surface area contributed by atoms with Gasteiger partial charge < -0.3 is 0 Å². The van der Waals surface area contributed by atoms with Crippen molar-refractivity contribution in [3.05, 3.63) is 175 Å². The number of thiol groups is 1. The number of hydrogen-bond donors (Lipinski definition) is 2. The van der Waals surface area contributed by atoms with Gasteiger partial charge in [-0.05, 0) is 81.9 Å². The van der Waals surface area contributed by atoms with Crippen molar-refractivity contribution < 1.29 is 0 Å². The molecule has 258 valence electrons. The second-order valence-electron chi connectivity index (χ2n) is 13.5. The summed E-state index contributed by atoms with van der Waals surface area (Å²) in [6, 6.07) is 54.0. The lowest BCUT2D eigenvalue weighted by Crippen LogP contribution is -2.18. The van der Waals surface area contributed by atoms with E-state index in [0.29, 0.717) is 28.9 Å². The molecule has 0 unspecified atom stereocenters. The quantitative estimate of drug-likeness (QED) is 0.173. The van der Waals surface area contributed by atoms with Crippen LogP contribution in [0.4, 0.5) is 0 Å². The van der Waals surface area contributed by atoms with Gasteiger partial charge in [-0.1, -0.05) is 133 Å². The van der Waals surface area contributed by atoms with E-state index in [1.165, 1.54) is 10.8 Å². The molecule has 6 nitrogen and oxygen atoms in total. The molecule has 7 aromatic carbocycles.